The van der Waals surface area contributed by atoms with Gasteiger partial charge in [-0.15, -0.1) is 0 Å². The highest BCUT2D eigenvalue weighted by molar-refractivity contribution is 9.10. The van der Waals surface area contributed by atoms with Gasteiger partial charge in [0.1, 0.15) is 17.7 Å². The molecule has 0 saturated heterocycles. The normalized spacial score (nSPS) is 21.2. The quantitative estimate of drug-likeness (QED) is 0.735. The van der Waals surface area contributed by atoms with Crippen molar-refractivity contribution >= 4 is 31.9 Å². The van der Waals surface area contributed by atoms with Gasteiger partial charge in [0.25, 0.3) is 0 Å². The average molecular weight is 402 g/mol. The lowest BCUT2D eigenvalue weighted by molar-refractivity contribution is 0.0652. The van der Waals surface area contributed by atoms with Crippen LogP contribution < -0.4 is 4.74 Å². The summed E-state index contributed by atoms with van der Waals surface area (Å²) in [6, 6.07) is 9.98. The standard InChI is InChI=1S/C15H11Br2FO2/c16-8-1-4-14-11(5-8)13(19)7-15(20-14)10-6-9(18)2-3-12(10)17/h1-6,13,15,19H,7H2. The van der Waals surface area contributed by atoms with Crippen LogP contribution in [0, 0.1) is 5.82 Å². The molecule has 0 radical (unpaired) electrons. The number of benzene rings is 2. The smallest absolute Gasteiger partial charge is 0.128 e. The minimum absolute atomic E-state index is 0.317. The second-order valence-electron chi connectivity index (χ2n) is 4.71. The lowest BCUT2D eigenvalue weighted by atomic mass is 9.95. The molecule has 1 heterocycles. The Labute approximate surface area is 132 Å². The summed E-state index contributed by atoms with van der Waals surface area (Å²) in [5.74, 6) is 0.316. The Morgan fingerprint density at radius 1 is 1.10 bits per heavy atom. The largest absolute Gasteiger partial charge is 0.485 e. The molecule has 0 amide bonds. The van der Waals surface area contributed by atoms with Gasteiger partial charge in [-0.1, -0.05) is 31.9 Å². The Hall–Kier alpha value is -0.910. The summed E-state index contributed by atoms with van der Waals surface area (Å²) in [5.41, 5.74) is 1.46. The molecule has 2 aromatic carbocycles. The summed E-state index contributed by atoms with van der Waals surface area (Å²) >= 11 is 6.78. The molecule has 0 aliphatic carbocycles. The summed E-state index contributed by atoms with van der Waals surface area (Å²) < 4.78 is 21.0. The molecule has 0 bridgehead atoms. The molecule has 1 N–H and O–H groups in total. The Balaban J connectivity index is 1.99. The van der Waals surface area contributed by atoms with Crippen LogP contribution in [0.5, 0.6) is 5.75 Å². The molecule has 0 aromatic heterocycles. The summed E-state index contributed by atoms with van der Waals surface area (Å²) in [7, 11) is 0. The van der Waals surface area contributed by atoms with Gasteiger partial charge in [0.05, 0.1) is 6.10 Å². The number of ether oxygens (including phenoxy) is 1. The maximum Gasteiger partial charge on any atom is 0.128 e. The van der Waals surface area contributed by atoms with Crippen molar-refractivity contribution in [3.63, 3.8) is 0 Å². The summed E-state index contributed by atoms with van der Waals surface area (Å²) in [5, 5.41) is 10.3. The van der Waals surface area contributed by atoms with Crippen molar-refractivity contribution < 1.29 is 14.2 Å². The van der Waals surface area contributed by atoms with Crippen LogP contribution in [-0.2, 0) is 0 Å². The number of fused-ring (bicyclic) bond motifs is 1. The highest BCUT2D eigenvalue weighted by atomic mass is 79.9. The number of hydrogen-bond donors (Lipinski definition) is 1. The Morgan fingerprint density at radius 3 is 2.70 bits per heavy atom. The van der Waals surface area contributed by atoms with Crippen LogP contribution in [-0.4, -0.2) is 5.11 Å². The van der Waals surface area contributed by atoms with Gasteiger partial charge in [0, 0.05) is 26.5 Å². The van der Waals surface area contributed by atoms with E-state index in [2.05, 4.69) is 31.9 Å². The van der Waals surface area contributed by atoms with Crippen LogP contribution >= 0.6 is 31.9 Å². The topological polar surface area (TPSA) is 29.5 Å². The fourth-order valence-electron chi connectivity index (χ4n) is 2.37. The average Bonchev–Trinajstić information content (AvgIpc) is 2.42. The van der Waals surface area contributed by atoms with Gasteiger partial charge in [-0.2, -0.15) is 0 Å². The Bertz CT molecular complexity index is 660. The molecule has 104 valence electrons. The number of rotatable bonds is 1. The van der Waals surface area contributed by atoms with Crippen molar-refractivity contribution in [2.75, 3.05) is 0 Å². The molecular formula is C15H11Br2FO2. The van der Waals surface area contributed by atoms with Gasteiger partial charge in [-0.25, -0.2) is 4.39 Å². The van der Waals surface area contributed by atoms with Crippen LogP contribution in [0.15, 0.2) is 45.3 Å². The van der Waals surface area contributed by atoms with Gasteiger partial charge in [0.15, 0.2) is 0 Å². The molecule has 2 unspecified atom stereocenters. The molecule has 0 fully saturated rings. The van der Waals surface area contributed by atoms with Gasteiger partial charge >= 0.3 is 0 Å². The molecule has 1 aliphatic rings. The van der Waals surface area contributed by atoms with E-state index < -0.39 is 6.10 Å². The molecule has 0 spiro atoms. The maximum absolute atomic E-state index is 13.4. The first kappa shape index (κ1) is 14.0. The third-order valence-corrected chi connectivity index (χ3v) is 4.56. The first-order chi connectivity index (χ1) is 9.54. The molecule has 0 saturated carbocycles. The molecule has 2 aromatic rings. The minimum atomic E-state index is -0.628. The number of halogens is 3. The van der Waals surface area contributed by atoms with Crippen molar-refractivity contribution in [2.45, 2.75) is 18.6 Å². The first-order valence-electron chi connectivity index (χ1n) is 6.13. The molecule has 5 heteroatoms. The van der Waals surface area contributed by atoms with E-state index in [4.69, 9.17) is 4.74 Å². The fourth-order valence-corrected chi connectivity index (χ4v) is 3.25. The van der Waals surface area contributed by atoms with E-state index in [1.54, 1.807) is 6.07 Å². The van der Waals surface area contributed by atoms with E-state index in [-0.39, 0.29) is 11.9 Å². The van der Waals surface area contributed by atoms with Crippen LogP contribution in [0.1, 0.15) is 29.8 Å². The van der Waals surface area contributed by atoms with E-state index in [1.165, 1.54) is 12.1 Å². The lowest BCUT2D eigenvalue weighted by Gasteiger charge is -2.30. The van der Waals surface area contributed by atoms with Gasteiger partial charge in [0.2, 0.25) is 0 Å². The van der Waals surface area contributed by atoms with E-state index in [1.807, 2.05) is 18.2 Å². The van der Waals surface area contributed by atoms with Gasteiger partial charge in [-0.05, 0) is 36.4 Å². The fraction of sp³-hybridized carbons (Fsp3) is 0.200. The summed E-state index contributed by atoms with van der Waals surface area (Å²) in [6.07, 6.45) is -0.605. The number of aliphatic hydroxyl groups excluding tert-OH is 1. The van der Waals surface area contributed by atoms with Crippen LogP contribution in [0.4, 0.5) is 4.39 Å². The summed E-state index contributed by atoms with van der Waals surface area (Å²) in [4.78, 5) is 0. The van der Waals surface area contributed by atoms with Crippen LogP contribution in [0.3, 0.4) is 0 Å². The Kier molecular flexibility index (Phi) is 3.84. The number of hydrogen-bond acceptors (Lipinski definition) is 2. The second-order valence-corrected chi connectivity index (χ2v) is 6.48. The predicted molar refractivity (Wildman–Crippen MR) is 81.2 cm³/mol. The minimum Gasteiger partial charge on any atom is -0.485 e. The van der Waals surface area contributed by atoms with E-state index >= 15 is 0 Å². The third-order valence-electron chi connectivity index (χ3n) is 3.34. The maximum atomic E-state index is 13.4. The predicted octanol–water partition coefficient (Wildman–Crippen LogP) is 4.91. The van der Waals surface area contributed by atoms with Crippen molar-refractivity contribution in [3.8, 4) is 5.75 Å². The van der Waals surface area contributed by atoms with E-state index in [0.29, 0.717) is 17.7 Å². The second kappa shape index (κ2) is 5.47. The first-order valence-corrected chi connectivity index (χ1v) is 7.72. The molecule has 20 heavy (non-hydrogen) atoms. The van der Waals surface area contributed by atoms with Crippen LogP contribution in [0.25, 0.3) is 0 Å². The molecular weight excluding hydrogens is 391 g/mol. The van der Waals surface area contributed by atoms with Crippen molar-refractivity contribution in [1.29, 1.82) is 0 Å². The molecule has 3 rings (SSSR count). The highest BCUT2D eigenvalue weighted by Gasteiger charge is 2.29. The zero-order valence-electron chi connectivity index (χ0n) is 10.3. The third kappa shape index (κ3) is 2.62. The van der Waals surface area contributed by atoms with Crippen molar-refractivity contribution in [3.05, 3.63) is 62.3 Å². The van der Waals surface area contributed by atoms with Gasteiger partial charge in [-0.3, -0.25) is 0 Å². The Morgan fingerprint density at radius 2 is 1.90 bits per heavy atom. The zero-order valence-corrected chi connectivity index (χ0v) is 13.5. The SMILES string of the molecule is OC1CC(c2cc(F)ccc2Br)Oc2ccc(Br)cc21. The molecule has 2 atom stereocenters. The van der Waals surface area contributed by atoms with Crippen LogP contribution in [0.2, 0.25) is 0 Å². The van der Waals surface area contributed by atoms with Crippen molar-refractivity contribution in [2.24, 2.45) is 0 Å². The van der Waals surface area contributed by atoms with E-state index in [0.717, 1.165) is 14.5 Å². The lowest BCUT2D eigenvalue weighted by Crippen LogP contribution is -2.19. The highest BCUT2D eigenvalue weighted by Crippen LogP contribution is 2.43. The summed E-state index contributed by atoms with van der Waals surface area (Å²) in [6.45, 7) is 0. The molecule has 2 nitrogen and oxygen atoms in total. The van der Waals surface area contributed by atoms with Crippen molar-refractivity contribution in [1.82, 2.24) is 0 Å². The molecule has 1 aliphatic heterocycles. The zero-order chi connectivity index (χ0) is 14.3. The monoisotopic (exact) mass is 400 g/mol. The van der Waals surface area contributed by atoms with E-state index in [9.17, 15) is 9.50 Å². The van der Waals surface area contributed by atoms with Gasteiger partial charge < -0.3 is 9.84 Å². The number of aliphatic hydroxyl groups is 1.